The fraction of sp³-hybridized carbons (Fsp3) is 0.571. The van der Waals surface area contributed by atoms with Crippen molar-refractivity contribution in [1.29, 1.82) is 0 Å². The minimum atomic E-state index is -3.15. The number of hydrogen-bond donors (Lipinski definition) is 1. The lowest BCUT2D eigenvalue weighted by Gasteiger charge is -2.12. The molecule has 0 saturated carbocycles. The molecule has 0 spiro atoms. The van der Waals surface area contributed by atoms with Gasteiger partial charge in [0.05, 0.1) is 10.6 Å². The van der Waals surface area contributed by atoms with Crippen molar-refractivity contribution in [2.45, 2.75) is 44.6 Å². The molecule has 0 saturated heterocycles. The molecule has 1 unspecified atom stereocenters. The van der Waals surface area contributed by atoms with Gasteiger partial charge in [-0.25, -0.2) is 8.42 Å². The summed E-state index contributed by atoms with van der Waals surface area (Å²) in [4.78, 5) is 0.415. The molecule has 0 amide bonds. The Bertz CT molecular complexity index is 451. The Morgan fingerprint density at radius 1 is 1.22 bits per heavy atom. The van der Waals surface area contributed by atoms with Crippen LogP contribution in [0.4, 0.5) is 0 Å². The van der Waals surface area contributed by atoms with E-state index >= 15 is 0 Å². The van der Waals surface area contributed by atoms with Crippen LogP contribution < -0.4 is 5.32 Å². The van der Waals surface area contributed by atoms with Crippen LogP contribution in [-0.2, 0) is 9.84 Å². The number of sulfone groups is 1. The van der Waals surface area contributed by atoms with Crippen molar-refractivity contribution < 1.29 is 8.42 Å². The number of aryl methyl sites for hydroxylation is 1. The van der Waals surface area contributed by atoms with E-state index in [1.807, 2.05) is 19.1 Å². The van der Waals surface area contributed by atoms with Gasteiger partial charge in [0.2, 0.25) is 0 Å². The molecule has 1 aromatic rings. The van der Waals surface area contributed by atoms with Gasteiger partial charge in [0.25, 0.3) is 0 Å². The van der Waals surface area contributed by atoms with Gasteiger partial charge in [-0.05, 0) is 32.4 Å². The van der Waals surface area contributed by atoms with Crippen molar-refractivity contribution in [2.75, 3.05) is 12.3 Å². The van der Waals surface area contributed by atoms with Crippen molar-refractivity contribution in [1.82, 2.24) is 5.32 Å². The van der Waals surface area contributed by atoms with Gasteiger partial charge in [-0.15, -0.1) is 0 Å². The first-order chi connectivity index (χ1) is 8.45. The maximum atomic E-state index is 12.0. The first-order valence-corrected chi connectivity index (χ1v) is 8.13. The zero-order valence-electron chi connectivity index (χ0n) is 11.4. The molecule has 0 radical (unpaired) electrons. The third-order valence-corrected chi connectivity index (χ3v) is 4.70. The summed E-state index contributed by atoms with van der Waals surface area (Å²) in [5, 5.41) is 3.24. The molecule has 18 heavy (non-hydrogen) atoms. The molecule has 0 fully saturated rings. The van der Waals surface area contributed by atoms with E-state index in [4.69, 9.17) is 0 Å². The van der Waals surface area contributed by atoms with E-state index in [1.165, 1.54) is 0 Å². The van der Waals surface area contributed by atoms with Gasteiger partial charge in [-0.1, -0.05) is 31.0 Å². The lowest BCUT2D eigenvalue weighted by Crippen LogP contribution is -2.30. The molecule has 0 aromatic heterocycles. The molecule has 4 heteroatoms. The van der Waals surface area contributed by atoms with Crippen LogP contribution in [-0.4, -0.2) is 26.8 Å². The number of rotatable bonds is 7. The van der Waals surface area contributed by atoms with Gasteiger partial charge in [0.15, 0.2) is 9.84 Å². The van der Waals surface area contributed by atoms with E-state index in [9.17, 15) is 8.42 Å². The molecule has 0 heterocycles. The summed E-state index contributed by atoms with van der Waals surface area (Å²) < 4.78 is 24.1. The van der Waals surface area contributed by atoms with Gasteiger partial charge in [-0.2, -0.15) is 0 Å². The zero-order valence-corrected chi connectivity index (χ0v) is 12.3. The SMILES string of the molecule is CCCC(C)NCCS(=O)(=O)c1ccc(C)cc1. The van der Waals surface area contributed by atoms with E-state index in [2.05, 4.69) is 19.2 Å². The van der Waals surface area contributed by atoms with Crippen molar-refractivity contribution in [2.24, 2.45) is 0 Å². The van der Waals surface area contributed by atoms with Crippen molar-refractivity contribution in [3.8, 4) is 0 Å². The van der Waals surface area contributed by atoms with Crippen LogP contribution in [0.15, 0.2) is 29.2 Å². The number of nitrogens with one attached hydrogen (secondary N) is 1. The van der Waals surface area contributed by atoms with Gasteiger partial charge in [-0.3, -0.25) is 0 Å². The van der Waals surface area contributed by atoms with Gasteiger partial charge >= 0.3 is 0 Å². The fourth-order valence-corrected chi connectivity index (χ4v) is 3.01. The second-order valence-corrected chi connectivity index (χ2v) is 6.88. The van der Waals surface area contributed by atoms with E-state index in [0.717, 1.165) is 18.4 Å². The minimum Gasteiger partial charge on any atom is -0.313 e. The Hall–Kier alpha value is -0.870. The topological polar surface area (TPSA) is 46.2 Å². The predicted molar refractivity (Wildman–Crippen MR) is 75.6 cm³/mol. The second-order valence-electron chi connectivity index (χ2n) is 4.78. The summed E-state index contributed by atoms with van der Waals surface area (Å²) in [6.07, 6.45) is 2.18. The van der Waals surface area contributed by atoms with Gasteiger partial charge in [0.1, 0.15) is 0 Å². The lowest BCUT2D eigenvalue weighted by atomic mass is 10.2. The molecule has 0 aliphatic rings. The molecule has 3 nitrogen and oxygen atoms in total. The zero-order chi connectivity index (χ0) is 13.6. The third kappa shape index (κ3) is 4.78. The summed E-state index contributed by atoms with van der Waals surface area (Å²) in [6, 6.07) is 7.41. The number of benzene rings is 1. The molecule has 1 N–H and O–H groups in total. The predicted octanol–water partition coefficient (Wildman–Crippen LogP) is 2.55. The molecule has 0 bridgehead atoms. The highest BCUT2D eigenvalue weighted by atomic mass is 32.2. The van der Waals surface area contributed by atoms with Crippen LogP contribution in [0.5, 0.6) is 0 Å². The maximum absolute atomic E-state index is 12.0. The van der Waals surface area contributed by atoms with Crippen LogP contribution in [0.3, 0.4) is 0 Å². The Balaban J connectivity index is 2.52. The average molecular weight is 269 g/mol. The van der Waals surface area contributed by atoms with E-state index in [-0.39, 0.29) is 5.75 Å². The highest BCUT2D eigenvalue weighted by molar-refractivity contribution is 7.91. The van der Waals surface area contributed by atoms with Gasteiger partial charge < -0.3 is 5.32 Å². The smallest absolute Gasteiger partial charge is 0.179 e. The fourth-order valence-electron chi connectivity index (χ4n) is 1.84. The third-order valence-electron chi connectivity index (χ3n) is 2.97. The Morgan fingerprint density at radius 2 is 1.83 bits per heavy atom. The van der Waals surface area contributed by atoms with E-state index < -0.39 is 9.84 Å². The maximum Gasteiger partial charge on any atom is 0.179 e. The Kier molecular flexibility index (Phi) is 5.82. The standard InChI is InChI=1S/C14H23NO2S/c1-4-5-13(3)15-10-11-18(16,17)14-8-6-12(2)7-9-14/h6-9,13,15H,4-5,10-11H2,1-3H3. The van der Waals surface area contributed by atoms with Crippen LogP contribution in [0.2, 0.25) is 0 Å². The van der Waals surface area contributed by atoms with Crippen LogP contribution in [0.1, 0.15) is 32.3 Å². The molecule has 1 rings (SSSR count). The van der Waals surface area contributed by atoms with Crippen molar-refractivity contribution >= 4 is 9.84 Å². The summed E-state index contributed by atoms with van der Waals surface area (Å²) in [7, 11) is -3.15. The lowest BCUT2D eigenvalue weighted by molar-refractivity contribution is 0.520. The van der Waals surface area contributed by atoms with Crippen LogP contribution in [0.25, 0.3) is 0 Å². The molecular formula is C14H23NO2S. The Labute approximate surface area is 111 Å². The first-order valence-electron chi connectivity index (χ1n) is 6.48. The van der Waals surface area contributed by atoms with E-state index in [1.54, 1.807) is 12.1 Å². The Morgan fingerprint density at radius 3 is 2.39 bits per heavy atom. The molecular weight excluding hydrogens is 246 g/mol. The highest BCUT2D eigenvalue weighted by Crippen LogP contribution is 2.11. The summed E-state index contributed by atoms with van der Waals surface area (Å²) in [5.41, 5.74) is 1.07. The average Bonchev–Trinajstić information content (AvgIpc) is 2.29. The summed E-state index contributed by atoms with van der Waals surface area (Å²) in [6.45, 7) is 6.67. The minimum absolute atomic E-state index is 0.157. The molecule has 1 aromatic carbocycles. The van der Waals surface area contributed by atoms with Crippen molar-refractivity contribution in [3.63, 3.8) is 0 Å². The quantitative estimate of drug-likeness (QED) is 0.827. The highest BCUT2D eigenvalue weighted by Gasteiger charge is 2.13. The van der Waals surface area contributed by atoms with Gasteiger partial charge in [0, 0.05) is 12.6 Å². The monoisotopic (exact) mass is 269 g/mol. The van der Waals surface area contributed by atoms with Crippen LogP contribution >= 0.6 is 0 Å². The van der Waals surface area contributed by atoms with E-state index in [0.29, 0.717) is 17.5 Å². The molecule has 1 atom stereocenters. The number of hydrogen-bond acceptors (Lipinski definition) is 3. The van der Waals surface area contributed by atoms with Crippen molar-refractivity contribution in [3.05, 3.63) is 29.8 Å². The first kappa shape index (κ1) is 15.2. The normalized spacial score (nSPS) is 13.5. The molecule has 0 aliphatic carbocycles. The van der Waals surface area contributed by atoms with Crippen LogP contribution in [0, 0.1) is 6.92 Å². The summed E-state index contributed by atoms with van der Waals surface area (Å²) in [5.74, 6) is 0.157. The molecule has 0 aliphatic heterocycles. The second kappa shape index (κ2) is 6.90. The largest absolute Gasteiger partial charge is 0.313 e. The summed E-state index contributed by atoms with van der Waals surface area (Å²) >= 11 is 0. The molecule has 102 valence electrons.